The summed E-state index contributed by atoms with van der Waals surface area (Å²) in [7, 11) is -3.05. The van der Waals surface area contributed by atoms with Crippen LogP contribution in [-0.4, -0.2) is 19.4 Å². The molecule has 0 amide bonds. The molecule has 0 saturated carbocycles. The third kappa shape index (κ3) is 3.62. The van der Waals surface area contributed by atoms with Crippen LogP contribution in [0.25, 0.3) is 0 Å². The lowest BCUT2D eigenvalue weighted by molar-refractivity contribution is 0.505. The first kappa shape index (κ1) is 16.8. The number of benzene rings is 1. The van der Waals surface area contributed by atoms with Crippen LogP contribution in [0.3, 0.4) is 0 Å². The van der Waals surface area contributed by atoms with E-state index in [9.17, 15) is 8.42 Å². The Morgan fingerprint density at radius 1 is 1.24 bits per heavy atom. The van der Waals surface area contributed by atoms with Gasteiger partial charge < -0.3 is 0 Å². The highest BCUT2D eigenvalue weighted by atomic mass is 35.5. The number of hydrogen-bond donors (Lipinski definition) is 0. The molecular formula is C17H25ClO2S. The molecule has 0 bridgehead atoms. The summed E-state index contributed by atoms with van der Waals surface area (Å²) < 4.78 is 24.4. The summed E-state index contributed by atoms with van der Waals surface area (Å²) in [5.41, 5.74) is 2.32. The lowest BCUT2D eigenvalue weighted by atomic mass is 9.82. The SMILES string of the molecule is CCC(C)(C)c1ccc(C(Cl)C2CCCCS2(=O)=O)cc1. The van der Waals surface area contributed by atoms with Crippen molar-refractivity contribution in [2.45, 2.75) is 62.5 Å². The zero-order valence-corrected chi connectivity index (χ0v) is 14.7. The van der Waals surface area contributed by atoms with Gasteiger partial charge in [-0.3, -0.25) is 0 Å². The molecule has 21 heavy (non-hydrogen) atoms. The van der Waals surface area contributed by atoms with E-state index in [2.05, 4.69) is 32.9 Å². The highest BCUT2D eigenvalue weighted by Crippen LogP contribution is 2.36. The van der Waals surface area contributed by atoms with Gasteiger partial charge in [0.2, 0.25) is 0 Å². The number of halogens is 1. The summed E-state index contributed by atoms with van der Waals surface area (Å²) in [5, 5.41) is -0.868. The van der Waals surface area contributed by atoms with Crippen LogP contribution >= 0.6 is 11.6 Å². The molecule has 1 saturated heterocycles. The highest BCUT2D eigenvalue weighted by molar-refractivity contribution is 7.92. The molecule has 2 rings (SSSR count). The second-order valence-corrected chi connectivity index (χ2v) is 9.47. The third-order valence-electron chi connectivity index (χ3n) is 4.85. The number of alkyl halides is 1. The molecule has 1 heterocycles. The molecule has 2 nitrogen and oxygen atoms in total. The third-order valence-corrected chi connectivity index (χ3v) is 7.84. The van der Waals surface area contributed by atoms with E-state index in [-0.39, 0.29) is 11.2 Å². The maximum absolute atomic E-state index is 12.2. The number of sulfone groups is 1. The van der Waals surface area contributed by atoms with Gasteiger partial charge in [-0.25, -0.2) is 8.42 Å². The van der Waals surface area contributed by atoms with Crippen molar-refractivity contribution in [1.82, 2.24) is 0 Å². The largest absolute Gasteiger partial charge is 0.228 e. The van der Waals surface area contributed by atoms with E-state index in [0.717, 1.165) is 24.8 Å². The van der Waals surface area contributed by atoms with Gasteiger partial charge in [-0.2, -0.15) is 0 Å². The Hall–Kier alpha value is -0.540. The van der Waals surface area contributed by atoms with Crippen LogP contribution in [0.1, 0.15) is 63.0 Å². The summed E-state index contributed by atoms with van der Waals surface area (Å²) in [4.78, 5) is 0. The van der Waals surface area contributed by atoms with E-state index in [1.165, 1.54) is 5.56 Å². The Morgan fingerprint density at radius 3 is 2.38 bits per heavy atom. The van der Waals surface area contributed by atoms with E-state index < -0.39 is 20.5 Å². The first-order valence-corrected chi connectivity index (χ1v) is 9.89. The van der Waals surface area contributed by atoms with Crippen molar-refractivity contribution < 1.29 is 8.42 Å². The first-order valence-electron chi connectivity index (χ1n) is 7.74. The molecule has 4 heteroatoms. The van der Waals surface area contributed by atoms with Crippen molar-refractivity contribution in [3.63, 3.8) is 0 Å². The Morgan fingerprint density at radius 2 is 1.86 bits per heavy atom. The maximum Gasteiger partial charge on any atom is 0.154 e. The Kier molecular flexibility index (Phi) is 5.04. The summed E-state index contributed by atoms with van der Waals surface area (Å²) in [6.07, 6.45) is 3.46. The van der Waals surface area contributed by atoms with Crippen molar-refractivity contribution >= 4 is 21.4 Å². The van der Waals surface area contributed by atoms with Gasteiger partial charge in [0, 0.05) is 0 Å². The summed E-state index contributed by atoms with van der Waals surface area (Å²) in [6, 6.07) is 8.16. The molecule has 0 aliphatic carbocycles. The number of hydrogen-bond acceptors (Lipinski definition) is 2. The fourth-order valence-corrected chi connectivity index (χ4v) is 5.54. The summed E-state index contributed by atoms with van der Waals surface area (Å²) >= 11 is 6.49. The average Bonchev–Trinajstić information content (AvgIpc) is 2.46. The zero-order chi connectivity index (χ0) is 15.7. The smallest absolute Gasteiger partial charge is 0.154 e. The zero-order valence-electron chi connectivity index (χ0n) is 13.1. The fourth-order valence-electron chi connectivity index (χ4n) is 2.84. The van der Waals surface area contributed by atoms with Gasteiger partial charge in [0.1, 0.15) is 0 Å². The van der Waals surface area contributed by atoms with Gasteiger partial charge in [0.05, 0.1) is 16.4 Å². The van der Waals surface area contributed by atoms with Crippen LogP contribution in [0.2, 0.25) is 0 Å². The van der Waals surface area contributed by atoms with E-state index >= 15 is 0 Å². The van der Waals surface area contributed by atoms with Gasteiger partial charge in [-0.05, 0) is 35.8 Å². The van der Waals surface area contributed by atoms with Gasteiger partial charge in [0.25, 0.3) is 0 Å². The van der Waals surface area contributed by atoms with Crippen LogP contribution in [0.5, 0.6) is 0 Å². The molecular weight excluding hydrogens is 304 g/mol. The lowest BCUT2D eigenvalue weighted by Gasteiger charge is -2.27. The quantitative estimate of drug-likeness (QED) is 0.756. The average molecular weight is 329 g/mol. The van der Waals surface area contributed by atoms with Crippen LogP contribution in [0.15, 0.2) is 24.3 Å². The molecule has 1 aromatic rings. The predicted molar refractivity (Wildman–Crippen MR) is 89.8 cm³/mol. The molecule has 0 aromatic heterocycles. The molecule has 0 radical (unpaired) electrons. The second kappa shape index (κ2) is 6.29. The number of rotatable bonds is 4. The summed E-state index contributed by atoms with van der Waals surface area (Å²) in [5.74, 6) is 0.280. The molecule has 0 N–H and O–H groups in total. The van der Waals surface area contributed by atoms with Gasteiger partial charge in [-0.1, -0.05) is 51.5 Å². The Bertz CT molecular complexity index is 575. The standard InChI is InChI=1S/C17H25ClO2S/c1-4-17(2,3)14-10-8-13(9-11-14)16(18)15-7-5-6-12-21(15,19)20/h8-11,15-16H,4-7,12H2,1-3H3. The van der Waals surface area contributed by atoms with Crippen LogP contribution in [0.4, 0.5) is 0 Å². The maximum atomic E-state index is 12.2. The fraction of sp³-hybridized carbons (Fsp3) is 0.647. The molecule has 1 aromatic carbocycles. The van der Waals surface area contributed by atoms with Gasteiger partial charge >= 0.3 is 0 Å². The highest BCUT2D eigenvalue weighted by Gasteiger charge is 2.35. The van der Waals surface area contributed by atoms with E-state index in [1.807, 2.05) is 12.1 Å². The molecule has 1 aliphatic heterocycles. The lowest BCUT2D eigenvalue weighted by Crippen LogP contribution is -2.31. The van der Waals surface area contributed by atoms with Crippen LogP contribution in [-0.2, 0) is 15.3 Å². The monoisotopic (exact) mass is 328 g/mol. The minimum Gasteiger partial charge on any atom is -0.228 e. The molecule has 0 spiro atoms. The van der Waals surface area contributed by atoms with Crippen molar-refractivity contribution in [3.05, 3.63) is 35.4 Å². The van der Waals surface area contributed by atoms with Crippen molar-refractivity contribution in [2.24, 2.45) is 0 Å². The van der Waals surface area contributed by atoms with Crippen molar-refractivity contribution in [2.75, 3.05) is 5.75 Å². The van der Waals surface area contributed by atoms with Crippen LogP contribution < -0.4 is 0 Å². The Labute approximate surface area is 133 Å². The topological polar surface area (TPSA) is 34.1 Å². The van der Waals surface area contributed by atoms with Crippen molar-refractivity contribution in [3.8, 4) is 0 Å². The summed E-state index contributed by atoms with van der Waals surface area (Å²) in [6.45, 7) is 6.60. The molecule has 2 atom stereocenters. The molecule has 1 aliphatic rings. The van der Waals surface area contributed by atoms with Gasteiger partial charge in [-0.15, -0.1) is 11.6 Å². The minimum absolute atomic E-state index is 0.136. The van der Waals surface area contributed by atoms with Gasteiger partial charge in [0.15, 0.2) is 9.84 Å². The second-order valence-electron chi connectivity index (χ2n) is 6.66. The first-order chi connectivity index (χ1) is 9.78. The normalized spacial score (nSPS) is 23.7. The van der Waals surface area contributed by atoms with E-state index in [0.29, 0.717) is 6.42 Å². The molecule has 118 valence electrons. The minimum atomic E-state index is -3.05. The predicted octanol–water partition coefficient (Wildman–Crippen LogP) is 4.62. The van der Waals surface area contributed by atoms with Crippen LogP contribution in [0, 0.1) is 0 Å². The van der Waals surface area contributed by atoms with E-state index in [1.54, 1.807) is 0 Å². The van der Waals surface area contributed by atoms with Crippen molar-refractivity contribution in [1.29, 1.82) is 0 Å². The van der Waals surface area contributed by atoms with E-state index in [4.69, 9.17) is 11.6 Å². The molecule has 1 fully saturated rings. The molecule has 2 unspecified atom stereocenters. The Balaban J connectivity index is 2.22.